The summed E-state index contributed by atoms with van der Waals surface area (Å²) in [4.78, 5) is 21.2. The number of ether oxygens (including phenoxy) is 1. The number of fused-ring (bicyclic) bond motifs is 1. The lowest BCUT2D eigenvalue weighted by atomic mass is 10.0. The number of nitrogens with zero attached hydrogens (tertiary/aromatic N) is 2. The van der Waals surface area contributed by atoms with Gasteiger partial charge < -0.3 is 19.9 Å². The maximum absolute atomic E-state index is 13.0. The van der Waals surface area contributed by atoms with Gasteiger partial charge in [-0.05, 0) is 61.7 Å². The highest BCUT2D eigenvalue weighted by Crippen LogP contribution is 2.27. The molecule has 0 unspecified atom stereocenters. The molecule has 2 N–H and O–H groups in total. The van der Waals surface area contributed by atoms with E-state index in [1.807, 2.05) is 18.2 Å². The Morgan fingerprint density at radius 1 is 0.897 bits per heavy atom. The van der Waals surface area contributed by atoms with Crippen LogP contribution in [0.5, 0.6) is 5.75 Å². The Balaban J connectivity index is 0.999. The Morgan fingerprint density at radius 2 is 1.64 bits per heavy atom. The van der Waals surface area contributed by atoms with E-state index in [1.54, 1.807) is 0 Å². The van der Waals surface area contributed by atoms with Crippen molar-refractivity contribution in [3.63, 3.8) is 0 Å². The lowest BCUT2D eigenvalue weighted by molar-refractivity contribution is 0.0904. The summed E-state index contributed by atoms with van der Waals surface area (Å²) in [6.07, 6.45) is 4.14. The number of anilines is 1. The molecular formula is C33H38N4O2. The molecule has 0 aliphatic carbocycles. The monoisotopic (exact) mass is 522 g/mol. The molecule has 3 aromatic carbocycles. The smallest absolute Gasteiger partial charge is 0.267 e. The Hall–Kier alpha value is -3.77. The Kier molecular flexibility index (Phi) is 7.55. The summed E-state index contributed by atoms with van der Waals surface area (Å²) < 4.78 is 6.36. The Labute approximate surface area is 231 Å². The van der Waals surface area contributed by atoms with E-state index in [1.165, 1.54) is 16.8 Å². The molecule has 6 rings (SSSR count). The van der Waals surface area contributed by atoms with Crippen molar-refractivity contribution in [2.24, 2.45) is 0 Å². The van der Waals surface area contributed by atoms with E-state index in [4.69, 9.17) is 4.74 Å². The van der Waals surface area contributed by atoms with E-state index in [0.717, 1.165) is 75.1 Å². The molecule has 4 aromatic rings. The number of hydrogen-bond acceptors (Lipinski definition) is 4. The van der Waals surface area contributed by atoms with Crippen molar-refractivity contribution in [1.29, 1.82) is 0 Å². The van der Waals surface area contributed by atoms with Crippen LogP contribution in [0.1, 0.15) is 47.3 Å². The molecule has 1 aromatic heterocycles. The molecule has 0 radical (unpaired) electrons. The van der Waals surface area contributed by atoms with Gasteiger partial charge in [0.15, 0.2) is 0 Å². The number of nitrogens with one attached hydrogen (secondary N) is 2. The number of piperidine rings is 2. The molecular weight excluding hydrogens is 484 g/mol. The third-order valence-corrected chi connectivity index (χ3v) is 8.15. The molecule has 2 aliphatic heterocycles. The molecule has 2 aliphatic rings. The second-order valence-electron chi connectivity index (χ2n) is 11.1. The van der Waals surface area contributed by atoms with Crippen LogP contribution in [0.2, 0.25) is 0 Å². The minimum absolute atomic E-state index is 0.0290. The first-order valence-corrected chi connectivity index (χ1v) is 14.3. The fraction of sp³-hybridized carbons (Fsp3) is 0.364. The van der Waals surface area contributed by atoms with Gasteiger partial charge in [-0.25, -0.2) is 0 Å². The third-order valence-electron chi connectivity index (χ3n) is 8.15. The van der Waals surface area contributed by atoms with Crippen molar-refractivity contribution in [1.82, 2.24) is 15.2 Å². The highest BCUT2D eigenvalue weighted by molar-refractivity contribution is 5.98. The zero-order chi connectivity index (χ0) is 26.6. The first-order chi connectivity index (χ1) is 19.1. The van der Waals surface area contributed by atoms with Crippen LogP contribution in [0, 0.1) is 6.92 Å². The Bertz CT molecular complexity index is 1380. The van der Waals surface area contributed by atoms with Crippen molar-refractivity contribution in [2.75, 3.05) is 31.1 Å². The summed E-state index contributed by atoms with van der Waals surface area (Å²) in [5.41, 5.74) is 5.49. The predicted octanol–water partition coefficient (Wildman–Crippen LogP) is 5.92. The maximum atomic E-state index is 13.0. The zero-order valence-corrected chi connectivity index (χ0v) is 22.7. The van der Waals surface area contributed by atoms with Crippen LogP contribution in [-0.2, 0) is 6.54 Å². The minimum atomic E-state index is -0.0290. The van der Waals surface area contributed by atoms with Gasteiger partial charge in [0.1, 0.15) is 17.5 Å². The number of carbonyl (C=O) groups excluding carboxylic acids is 1. The molecule has 2 fully saturated rings. The minimum Gasteiger partial charge on any atom is -0.490 e. The molecule has 0 spiro atoms. The van der Waals surface area contributed by atoms with Crippen LogP contribution >= 0.6 is 0 Å². The molecule has 3 heterocycles. The number of amides is 1. The number of carbonyl (C=O) groups is 1. The number of H-pyrrole nitrogens is 1. The number of likely N-dealkylation sites (tertiary alicyclic amines) is 1. The van der Waals surface area contributed by atoms with Crippen LogP contribution in [0.15, 0.2) is 78.9 Å². The predicted molar refractivity (Wildman–Crippen MR) is 158 cm³/mol. The van der Waals surface area contributed by atoms with Crippen molar-refractivity contribution >= 4 is 22.5 Å². The summed E-state index contributed by atoms with van der Waals surface area (Å²) in [5.74, 6) is 0.840. The normalized spacial score (nSPS) is 17.4. The van der Waals surface area contributed by atoms with Gasteiger partial charge in [-0.2, -0.15) is 0 Å². The number of aromatic amines is 1. The first kappa shape index (κ1) is 25.5. The molecule has 6 nitrogen and oxygen atoms in total. The van der Waals surface area contributed by atoms with Crippen molar-refractivity contribution in [2.45, 2.75) is 51.3 Å². The molecule has 6 heteroatoms. The van der Waals surface area contributed by atoms with Gasteiger partial charge in [-0.1, -0.05) is 48.0 Å². The van der Waals surface area contributed by atoms with Crippen LogP contribution in [0.3, 0.4) is 0 Å². The SMILES string of the molecule is Cc1ccc(N2CCC(Oc3ccc4[nH]c(C(=O)NC5CCN(Cc6ccccc6)CC5)cc4c3)CC2)cc1. The van der Waals surface area contributed by atoms with E-state index in [9.17, 15) is 4.79 Å². The fourth-order valence-electron chi connectivity index (χ4n) is 5.83. The van der Waals surface area contributed by atoms with Gasteiger partial charge in [0.05, 0.1) is 0 Å². The largest absolute Gasteiger partial charge is 0.490 e. The van der Waals surface area contributed by atoms with E-state index in [-0.39, 0.29) is 18.1 Å². The van der Waals surface area contributed by atoms with Gasteiger partial charge in [0.2, 0.25) is 0 Å². The van der Waals surface area contributed by atoms with Gasteiger partial charge >= 0.3 is 0 Å². The van der Waals surface area contributed by atoms with E-state index in [2.05, 4.69) is 87.7 Å². The molecule has 39 heavy (non-hydrogen) atoms. The summed E-state index contributed by atoms with van der Waals surface area (Å²) in [7, 11) is 0. The molecule has 0 saturated carbocycles. The number of aromatic nitrogens is 1. The topological polar surface area (TPSA) is 60.6 Å². The average molecular weight is 523 g/mol. The number of rotatable bonds is 7. The molecule has 202 valence electrons. The highest BCUT2D eigenvalue weighted by Gasteiger charge is 2.23. The van der Waals surface area contributed by atoms with Crippen LogP contribution in [0.25, 0.3) is 10.9 Å². The number of aryl methyl sites for hydroxylation is 1. The van der Waals surface area contributed by atoms with Crippen LogP contribution in [0.4, 0.5) is 5.69 Å². The fourth-order valence-corrected chi connectivity index (χ4v) is 5.83. The lowest BCUT2D eigenvalue weighted by Crippen LogP contribution is -2.44. The standard InChI is InChI=1S/C33H38N4O2/c1-24-7-9-28(10-8-24)37-19-15-29(16-20-37)39-30-11-12-31-26(21-30)22-32(35-31)33(38)34-27-13-17-36(18-14-27)23-25-5-3-2-4-6-25/h2-12,21-22,27,29,35H,13-20,23H2,1H3,(H,34,38). The average Bonchev–Trinajstić information content (AvgIpc) is 3.39. The number of benzene rings is 3. The molecule has 1 amide bonds. The van der Waals surface area contributed by atoms with E-state index in [0.29, 0.717) is 5.69 Å². The molecule has 2 saturated heterocycles. The quantitative estimate of drug-likeness (QED) is 0.316. The lowest BCUT2D eigenvalue weighted by Gasteiger charge is -2.33. The van der Waals surface area contributed by atoms with Crippen LogP contribution < -0.4 is 15.0 Å². The summed E-state index contributed by atoms with van der Waals surface area (Å²) in [5, 5.41) is 4.26. The van der Waals surface area contributed by atoms with E-state index >= 15 is 0 Å². The first-order valence-electron chi connectivity index (χ1n) is 14.3. The summed E-state index contributed by atoms with van der Waals surface area (Å²) in [6.45, 7) is 7.08. The zero-order valence-electron chi connectivity index (χ0n) is 22.7. The van der Waals surface area contributed by atoms with Gasteiger partial charge in [-0.15, -0.1) is 0 Å². The summed E-state index contributed by atoms with van der Waals surface area (Å²) in [6, 6.07) is 27.6. The van der Waals surface area contributed by atoms with Crippen molar-refractivity contribution in [3.8, 4) is 5.75 Å². The summed E-state index contributed by atoms with van der Waals surface area (Å²) >= 11 is 0. The van der Waals surface area contributed by atoms with Gasteiger partial charge in [0.25, 0.3) is 5.91 Å². The van der Waals surface area contributed by atoms with E-state index < -0.39 is 0 Å². The maximum Gasteiger partial charge on any atom is 0.267 e. The van der Waals surface area contributed by atoms with Gasteiger partial charge in [0, 0.05) is 68.2 Å². The third kappa shape index (κ3) is 6.28. The molecule has 0 atom stereocenters. The second kappa shape index (κ2) is 11.5. The molecule has 0 bridgehead atoms. The second-order valence-corrected chi connectivity index (χ2v) is 11.1. The highest BCUT2D eigenvalue weighted by atomic mass is 16.5. The Morgan fingerprint density at radius 3 is 2.38 bits per heavy atom. The van der Waals surface area contributed by atoms with Gasteiger partial charge in [-0.3, -0.25) is 9.69 Å². The van der Waals surface area contributed by atoms with Crippen LogP contribution in [-0.4, -0.2) is 54.1 Å². The van der Waals surface area contributed by atoms with Crippen molar-refractivity contribution < 1.29 is 9.53 Å². The number of hydrogen-bond donors (Lipinski definition) is 2. The van der Waals surface area contributed by atoms with Crippen molar-refractivity contribution in [3.05, 3.63) is 95.7 Å².